The normalized spacial score (nSPS) is 12.2. The Kier molecular flexibility index (Phi) is 6.09. The molecule has 0 aliphatic heterocycles. The Hall–Kier alpha value is -1.13. The fraction of sp³-hybridized carbons (Fsp3) is 0.462. The maximum Gasteiger partial charge on any atom is 0.233 e. The molecule has 0 aromatic heterocycles. The van der Waals surface area contributed by atoms with Crippen molar-refractivity contribution in [2.24, 2.45) is 0 Å². The first-order chi connectivity index (χ1) is 8.54. The lowest BCUT2D eigenvalue weighted by Gasteiger charge is -2.14. The molecule has 1 unspecified atom stereocenters. The smallest absolute Gasteiger partial charge is 0.233 e. The Balaban J connectivity index is 2.47. The Bertz CT molecular complexity index is 412. The first kappa shape index (κ1) is 14.9. The summed E-state index contributed by atoms with van der Waals surface area (Å²) in [4.78, 5) is 11.4. The Morgan fingerprint density at radius 2 is 2.22 bits per heavy atom. The number of carbonyl (C=O) groups is 1. The van der Waals surface area contributed by atoms with Crippen molar-refractivity contribution in [2.75, 3.05) is 13.1 Å². The molecule has 100 valence electrons. The molecule has 5 heteroatoms. The summed E-state index contributed by atoms with van der Waals surface area (Å²) in [7, 11) is 0. The third kappa shape index (κ3) is 4.63. The van der Waals surface area contributed by atoms with Gasteiger partial charge in [-0.25, -0.2) is 4.39 Å². The molecule has 1 rings (SSSR count). The van der Waals surface area contributed by atoms with Crippen molar-refractivity contribution in [3.05, 3.63) is 34.6 Å². The Labute approximate surface area is 112 Å². The summed E-state index contributed by atoms with van der Waals surface area (Å²) in [6.45, 7) is 4.75. The van der Waals surface area contributed by atoms with Crippen LogP contribution in [0.15, 0.2) is 18.2 Å². The van der Waals surface area contributed by atoms with Gasteiger partial charge in [0.2, 0.25) is 5.91 Å². The van der Waals surface area contributed by atoms with Crippen molar-refractivity contribution in [3.63, 3.8) is 0 Å². The minimum atomic E-state index is -0.446. The number of amides is 1. The Morgan fingerprint density at radius 3 is 2.83 bits per heavy atom. The van der Waals surface area contributed by atoms with Gasteiger partial charge in [0.05, 0.1) is 11.6 Å². The van der Waals surface area contributed by atoms with Crippen LogP contribution >= 0.6 is 11.6 Å². The van der Waals surface area contributed by atoms with Crippen LogP contribution < -0.4 is 10.6 Å². The molecule has 0 aliphatic rings. The first-order valence-electron chi connectivity index (χ1n) is 5.99. The van der Waals surface area contributed by atoms with Crippen molar-refractivity contribution in [2.45, 2.75) is 26.3 Å². The predicted molar refractivity (Wildman–Crippen MR) is 71.1 cm³/mol. The first-order valence-corrected chi connectivity index (χ1v) is 6.37. The molecule has 0 bridgehead atoms. The molecule has 0 saturated carbocycles. The quantitative estimate of drug-likeness (QED) is 0.836. The number of carbonyl (C=O) groups excluding carboxylic acids is 1. The van der Waals surface area contributed by atoms with Gasteiger partial charge in [0.1, 0.15) is 5.82 Å². The molecular weight excluding hydrogens is 255 g/mol. The van der Waals surface area contributed by atoms with E-state index in [1.807, 2.05) is 13.8 Å². The van der Waals surface area contributed by atoms with Crippen molar-refractivity contribution in [3.8, 4) is 0 Å². The number of nitrogens with one attached hydrogen (secondary N) is 2. The summed E-state index contributed by atoms with van der Waals surface area (Å²) in [5.41, 5.74) is 0.764. The highest BCUT2D eigenvalue weighted by Gasteiger charge is 2.09. The van der Waals surface area contributed by atoms with Gasteiger partial charge < -0.3 is 10.6 Å². The largest absolute Gasteiger partial charge is 0.355 e. The zero-order valence-corrected chi connectivity index (χ0v) is 11.4. The van der Waals surface area contributed by atoms with E-state index in [2.05, 4.69) is 10.6 Å². The van der Waals surface area contributed by atoms with Crippen molar-refractivity contribution in [1.82, 2.24) is 10.6 Å². The molecule has 1 aromatic rings. The molecular formula is C13H18ClFN2O. The van der Waals surface area contributed by atoms with Crippen LogP contribution in [0.3, 0.4) is 0 Å². The molecule has 0 spiro atoms. The fourth-order valence-electron chi connectivity index (χ4n) is 1.47. The van der Waals surface area contributed by atoms with E-state index >= 15 is 0 Å². The monoisotopic (exact) mass is 272 g/mol. The lowest BCUT2D eigenvalue weighted by molar-refractivity contribution is -0.120. The maximum absolute atomic E-state index is 13.3. The van der Waals surface area contributed by atoms with Crippen LogP contribution in [0.25, 0.3) is 0 Å². The third-order valence-electron chi connectivity index (χ3n) is 2.58. The van der Waals surface area contributed by atoms with Crippen LogP contribution in [-0.4, -0.2) is 19.0 Å². The summed E-state index contributed by atoms with van der Waals surface area (Å²) < 4.78 is 13.3. The van der Waals surface area contributed by atoms with Gasteiger partial charge in [0.25, 0.3) is 0 Å². The van der Waals surface area contributed by atoms with Gasteiger partial charge >= 0.3 is 0 Å². The van der Waals surface area contributed by atoms with Crippen LogP contribution in [0.4, 0.5) is 4.39 Å². The fourth-order valence-corrected chi connectivity index (χ4v) is 1.59. The highest BCUT2D eigenvalue weighted by molar-refractivity contribution is 6.30. The van der Waals surface area contributed by atoms with E-state index in [4.69, 9.17) is 11.6 Å². The van der Waals surface area contributed by atoms with Crippen LogP contribution in [0.2, 0.25) is 5.02 Å². The standard InChI is InChI=1S/C13H18ClFN2O/c1-3-6-16-13(18)8-17-9(2)10-4-5-11(14)12(15)7-10/h4-5,7,9,17H,3,6,8H2,1-2H3,(H,16,18). The van der Waals surface area contributed by atoms with Gasteiger partial charge in [-0.15, -0.1) is 0 Å². The third-order valence-corrected chi connectivity index (χ3v) is 2.89. The van der Waals surface area contributed by atoms with E-state index in [9.17, 15) is 9.18 Å². The van der Waals surface area contributed by atoms with Gasteiger partial charge in [-0.3, -0.25) is 4.79 Å². The molecule has 1 atom stereocenters. The van der Waals surface area contributed by atoms with Crippen LogP contribution in [0.1, 0.15) is 31.9 Å². The zero-order chi connectivity index (χ0) is 13.5. The molecule has 1 aromatic carbocycles. The average Bonchev–Trinajstić information content (AvgIpc) is 2.36. The second-order valence-electron chi connectivity index (χ2n) is 4.13. The zero-order valence-electron chi connectivity index (χ0n) is 10.6. The summed E-state index contributed by atoms with van der Waals surface area (Å²) in [5, 5.41) is 5.90. The number of rotatable bonds is 6. The minimum Gasteiger partial charge on any atom is -0.355 e. The van der Waals surface area contributed by atoms with Gasteiger partial charge in [-0.1, -0.05) is 24.6 Å². The number of hydrogen-bond acceptors (Lipinski definition) is 2. The summed E-state index contributed by atoms with van der Waals surface area (Å²) >= 11 is 5.61. The highest BCUT2D eigenvalue weighted by atomic mass is 35.5. The van der Waals surface area contributed by atoms with Gasteiger partial charge in [-0.2, -0.15) is 0 Å². The van der Waals surface area contributed by atoms with Crippen molar-refractivity contribution < 1.29 is 9.18 Å². The lowest BCUT2D eigenvalue weighted by Crippen LogP contribution is -2.35. The summed E-state index contributed by atoms with van der Waals surface area (Å²) in [6.07, 6.45) is 0.906. The van der Waals surface area contributed by atoms with Gasteiger partial charge in [-0.05, 0) is 31.0 Å². The molecule has 0 aliphatic carbocycles. The summed E-state index contributed by atoms with van der Waals surface area (Å²) in [6, 6.07) is 4.53. The molecule has 0 radical (unpaired) electrons. The number of benzene rings is 1. The molecule has 0 fully saturated rings. The molecule has 18 heavy (non-hydrogen) atoms. The number of hydrogen-bond donors (Lipinski definition) is 2. The van der Waals surface area contributed by atoms with E-state index in [0.29, 0.717) is 6.54 Å². The van der Waals surface area contributed by atoms with E-state index in [0.717, 1.165) is 12.0 Å². The molecule has 0 saturated heterocycles. The average molecular weight is 273 g/mol. The van der Waals surface area contributed by atoms with Gasteiger partial charge in [0, 0.05) is 12.6 Å². The molecule has 1 amide bonds. The highest BCUT2D eigenvalue weighted by Crippen LogP contribution is 2.19. The van der Waals surface area contributed by atoms with Crippen LogP contribution in [-0.2, 0) is 4.79 Å². The predicted octanol–water partition coefficient (Wildman–Crippen LogP) is 2.66. The molecule has 0 heterocycles. The second-order valence-corrected chi connectivity index (χ2v) is 4.53. The van der Waals surface area contributed by atoms with E-state index in [-0.39, 0.29) is 23.5 Å². The topological polar surface area (TPSA) is 41.1 Å². The second kappa shape index (κ2) is 7.34. The van der Waals surface area contributed by atoms with Crippen molar-refractivity contribution >= 4 is 17.5 Å². The van der Waals surface area contributed by atoms with Crippen molar-refractivity contribution in [1.29, 1.82) is 0 Å². The summed E-state index contributed by atoms with van der Waals surface area (Å²) in [5.74, 6) is -0.503. The maximum atomic E-state index is 13.3. The number of halogens is 2. The minimum absolute atomic E-state index is 0.0573. The Morgan fingerprint density at radius 1 is 1.50 bits per heavy atom. The van der Waals surface area contributed by atoms with Gasteiger partial charge in [0.15, 0.2) is 0 Å². The van der Waals surface area contributed by atoms with E-state index < -0.39 is 5.82 Å². The van der Waals surface area contributed by atoms with Crippen LogP contribution in [0.5, 0.6) is 0 Å². The van der Waals surface area contributed by atoms with E-state index in [1.165, 1.54) is 12.1 Å². The van der Waals surface area contributed by atoms with Crippen LogP contribution in [0, 0.1) is 5.82 Å². The molecule has 2 N–H and O–H groups in total. The molecule has 3 nitrogen and oxygen atoms in total. The lowest BCUT2D eigenvalue weighted by atomic mass is 10.1. The SMILES string of the molecule is CCCNC(=O)CNC(C)c1ccc(Cl)c(F)c1. The van der Waals surface area contributed by atoms with E-state index in [1.54, 1.807) is 6.07 Å².